The zero-order valence-electron chi connectivity index (χ0n) is 26.7. The van der Waals surface area contributed by atoms with Crippen LogP contribution in [-0.4, -0.2) is 0 Å². The van der Waals surface area contributed by atoms with Gasteiger partial charge in [-0.1, -0.05) is 176 Å². The van der Waals surface area contributed by atoms with E-state index in [1.807, 2.05) is 11.3 Å². The maximum absolute atomic E-state index is 2.31. The molecule has 0 N–H and O–H groups in total. The van der Waals surface area contributed by atoms with Gasteiger partial charge in [-0.2, -0.15) is 0 Å². The zero-order chi connectivity index (χ0) is 32.3. The lowest BCUT2D eigenvalue weighted by Crippen LogP contribution is -1.91. The van der Waals surface area contributed by atoms with Crippen LogP contribution >= 0.6 is 11.3 Å². The molecule has 0 unspecified atom stereocenters. The fourth-order valence-electron chi connectivity index (χ4n) is 7.83. The predicted octanol–water partition coefficient (Wildman–Crippen LogP) is 14.2. The van der Waals surface area contributed by atoms with Crippen LogP contribution in [0.5, 0.6) is 0 Å². The monoisotopic (exact) mass is 638 g/mol. The highest BCUT2D eigenvalue weighted by atomic mass is 32.1. The van der Waals surface area contributed by atoms with Gasteiger partial charge in [-0.05, 0) is 82.9 Å². The van der Waals surface area contributed by atoms with E-state index in [2.05, 4.69) is 182 Å². The lowest BCUT2D eigenvalue weighted by Gasteiger charge is -2.18. The molecule has 49 heavy (non-hydrogen) atoms. The van der Waals surface area contributed by atoms with Crippen molar-refractivity contribution in [2.45, 2.75) is 0 Å². The lowest BCUT2D eigenvalue weighted by molar-refractivity contribution is 1.63. The molecule has 9 aromatic carbocycles. The van der Waals surface area contributed by atoms with Gasteiger partial charge in [0.05, 0.1) is 0 Å². The van der Waals surface area contributed by atoms with E-state index in [1.165, 1.54) is 97.0 Å². The van der Waals surface area contributed by atoms with Crippen molar-refractivity contribution < 1.29 is 0 Å². The quantitative estimate of drug-likeness (QED) is 0.168. The first-order valence-electron chi connectivity index (χ1n) is 16.8. The highest BCUT2D eigenvalue weighted by molar-refractivity contribution is 7.26. The highest BCUT2D eigenvalue weighted by Crippen LogP contribution is 2.45. The summed E-state index contributed by atoms with van der Waals surface area (Å²) in [5, 5.41) is 10.3. The molecule has 0 radical (unpaired) electrons. The van der Waals surface area contributed by atoms with Gasteiger partial charge in [0.2, 0.25) is 0 Å². The Bertz CT molecular complexity index is 2790. The van der Waals surface area contributed by atoms with Gasteiger partial charge in [0.1, 0.15) is 0 Å². The van der Waals surface area contributed by atoms with Crippen LogP contribution in [0.3, 0.4) is 0 Å². The average molecular weight is 639 g/mol. The summed E-state index contributed by atoms with van der Waals surface area (Å²) in [5.74, 6) is 0. The van der Waals surface area contributed by atoms with Gasteiger partial charge in [-0.25, -0.2) is 0 Å². The maximum atomic E-state index is 2.31. The minimum atomic E-state index is 1.23. The van der Waals surface area contributed by atoms with Gasteiger partial charge in [-0.15, -0.1) is 11.3 Å². The van der Waals surface area contributed by atoms with Crippen LogP contribution < -0.4 is 0 Å². The fraction of sp³-hybridized carbons (Fsp3) is 0. The molecule has 228 valence electrons. The summed E-state index contributed by atoms with van der Waals surface area (Å²) in [6.07, 6.45) is 0. The molecule has 0 saturated carbocycles. The van der Waals surface area contributed by atoms with E-state index >= 15 is 0 Å². The van der Waals surface area contributed by atoms with Crippen molar-refractivity contribution in [3.8, 4) is 44.5 Å². The standard InChI is InChI=1S/C48H30S/c1-2-13-36-31(11-1)12-9-19-37(36)32-23-27-34(28-24-32)46-40-15-3-5-17-42(40)47(43-18-6-4-16-41(43)46)35-29-25-33(26-30-35)38-20-10-21-44-39-14-7-8-22-45(39)49-48(38)44/h1-30H. The highest BCUT2D eigenvalue weighted by Gasteiger charge is 2.17. The molecule has 0 nitrogen and oxygen atoms in total. The molecule has 0 aliphatic heterocycles. The molecule has 0 amide bonds. The van der Waals surface area contributed by atoms with E-state index in [0.29, 0.717) is 0 Å². The Hall–Kier alpha value is -6.02. The Kier molecular flexibility index (Phi) is 6.47. The molecule has 0 aliphatic rings. The van der Waals surface area contributed by atoms with E-state index in [-0.39, 0.29) is 0 Å². The fourth-order valence-corrected chi connectivity index (χ4v) is 9.07. The first-order valence-corrected chi connectivity index (χ1v) is 17.7. The second-order valence-corrected chi connectivity index (χ2v) is 13.9. The summed E-state index contributed by atoms with van der Waals surface area (Å²) in [6.45, 7) is 0. The summed E-state index contributed by atoms with van der Waals surface area (Å²) in [6, 6.07) is 66.9. The second-order valence-electron chi connectivity index (χ2n) is 12.8. The van der Waals surface area contributed by atoms with Gasteiger partial charge in [0.25, 0.3) is 0 Å². The van der Waals surface area contributed by atoms with Crippen molar-refractivity contribution >= 4 is 63.8 Å². The number of hydrogen-bond donors (Lipinski definition) is 0. The molecule has 1 heteroatoms. The first-order chi connectivity index (χ1) is 24.3. The third-order valence-electron chi connectivity index (χ3n) is 10.1. The molecule has 0 bridgehead atoms. The summed E-state index contributed by atoms with van der Waals surface area (Å²) in [7, 11) is 0. The van der Waals surface area contributed by atoms with Crippen molar-refractivity contribution in [3.05, 3.63) is 182 Å². The Labute approximate surface area is 289 Å². The van der Waals surface area contributed by atoms with Gasteiger partial charge in [0, 0.05) is 20.2 Å². The SMILES string of the molecule is c1ccc2c(-c3ccc(-c4c5ccccc5c(-c5ccc(-c6cccc7c6sc6ccccc67)cc5)c5ccccc45)cc3)cccc2c1. The minimum Gasteiger partial charge on any atom is -0.135 e. The number of hydrogen-bond acceptors (Lipinski definition) is 1. The van der Waals surface area contributed by atoms with E-state index in [4.69, 9.17) is 0 Å². The van der Waals surface area contributed by atoms with Crippen LogP contribution in [0.25, 0.3) is 97.0 Å². The predicted molar refractivity (Wildman–Crippen MR) is 214 cm³/mol. The van der Waals surface area contributed by atoms with Crippen LogP contribution in [0.1, 0.15) is 0 Å². The molecule has 0 fully saturated rings. The van der Waals surface area contributed by atoms with Crippen molar-refractivity contribution in [2.75, 3.05) is 0 Å². The van der Waals surface area contributed by atoms with Crippen LogP contribution in [-0.2, 0) is 0 Å². The van der Waals surface area contributed by atoms with E-state index < -0.39 is 0 Å². The topological polar surface area (TPSA) is 0 Å². The van der Waals surface area contributed by atoms with Gasteiger partial charge in [-0.3, -0.25) is 0 Å². The van der Waals surface area contributed by atoms with Crippen LogP contribution in [0.15, 0.2) is 182 Å². The maximum Gasteiger partial charge on any atom is 0.0433 e. The van der Waals surface area contributed by atoms with Crippen molar-refractivity contribution in [1.29, 1.82) is 0 Å². The Morgan fingerprint density at radius 2 is 0.673 bits per heavy atom. The van der Waals surface area contributed by atoms with Crippen molar-refractivity contribution in [1.82, 2.24) is 0 Å². The Morgan fingerprint density at radius 1 is 0.265 bits per heavy atom. The Morgan fingerprint density at radius 3 is 1.29 bits per heavy atom. The third kappa shape index (κ3) is 4.51. The number of fused-ring (bicyclic) bond motifs is 6. The Balaban J connectivity index is 1.11. The average Bonchev–Trinajstić information content (AvgIpc) is 3.56. The summed E-state index contributed by atoms with van der Waals surface area (Å²) in [4.78, 5) is 0. The summed E-state index contributed by atoms with van der Waals surface area (Å²) in [5.41, 5.74) is 10.1. The van der Waals surface area contributed by atoms with Crippen molar-refractivity contribution in [3.63, 3.8) is 0 Å². The van der Waals surface area contributed by atoms with Crippen LogP contribution in [0.4, 0.5) is 0 Å². The smallest absolute Gasteiger partial charge is 0.0433 e. The zero-order valence-corrected chi connectivity index (χ0v) is 27.5. The number of benzene rings is 9. The summed E-state index contributed by atoms with van der Waals surface area (Å²) < 4.78 is 2.69. The van der Waals surface area contributed by atoms with Gasteiger partial charge in [0.15, 0.2) is 0 Å². The third-order valence-corrected chi connectivity index (χ3v) is 11.3. The second kappa shape index (κ2) is 11.3. The van der Waals surface area contributed by atoms with Crippen molar-refractivity contribution in [2.24, 2.45) is 0 Å². The van der Waals surface area contributed by atoms with E-state index in [0.717, 1.165) is 0 Å². The molecule has 0 spiro atoms. The molecular formula is C48H30S. The molecule has 1 aromatic heterocycles. The first kappa shape index (κ1) is 28.0. The number of thiophene rings is 1. The molecule has 0 atom stereocenters. The molecule has 10 aromatic rings. The van der Waals surface area contributed by atoms with Gasteiger partial charge >= 0.3 is 0 Å². The van der Waals surface area contributed by atoms with E-state index in [1.54, 1.807) is 0 Å². The minimum absolute atomic E-state index is 1.23. The largest absolute Gasteiger partial charge is 0.135 e. The molecule has 0 saturated heterocycles. The number of rotatable bonds is 4. The molecule has 10 rings (SSSR count). The lowest BCUT2D eigenvalue weighted by atomic mass is 9.85. The summed E-state index contributed by atoms with van der Waals surface area (Å²) >= 11 is 1.89. The molecule has 0 aliphatic carbocycles. The molecule has 1 heterocycles. The normalized spacial score (nSPS) is 11.7. The van der Waals surface area contributed by atoms with Crippen LogP contribution in [0.2, 0.25) is 0 Å². The van der Waals surface area contributed by atoms with Gasteiger partial charge < -0.3 is 0 Å². The molecular weight excluding hydrogens is 609 g/mol. The van der Waals surface area contributed by atoms with E-state index in [9.17, 15) is 0 Å². The van der Waals surface area contributed by atoms with Crippen LogP contribution in [0, 0.1) is 0 Å².